The van der Waals surface area contributed by atoms with Crippen LogP contribution in [0.5, 0.6) is 0 Å². The average Bonchev–Trinajstić information content (AvgIpc) is 2.01. The molecular formula is C10H21ClOS. The summed E-state index contributed by atoms with van der Waals surface area (Å²) in [5.74, 6) is 3.57. The zero-order valence-corrected chi connectivity index (χ0v) is 10.7. The lowest BCUT2D eigenvalue weighted by Crippen LogP contribution is -2.20. The van der Waals surface area contributed by atoms with Crippen LogP contribution in [0, 0.1) is 5.92 Å². The van der Waals surface area contributed by atoms with E-state index in [1.54, 1.807) is 0 Å². The predicted octanol–water partition coefficient (Wildman–Crippen LogP) is 3.41. The molecule has 0 aromatic carbocycles. The van der Waals surface area contributed by atoms with E-state index in [1.165, 1.54) is 0 Å². The number of rotatable bonds is 6. The molecule has 0 aliphatic carbocycles. The zero-order chi connectivity index (χ0) is 10.3. The standard InChI is InChI=1S/C10H21ClOS/c1-9(7-11)8-13-6-5-12-10(2,3)4/h9H,5-8H2,1-4H3. The van der Waals surface area contributed by atoms with Gasteiger partial charge in [-0.3, -0.25) is 0 Å². The summed E-state index contributed by atoms with van der Waals surface area (Å²) in [6.07, 6.45) is 0. The number of halogens is 1. The van der Waals surface area contributed by atoms with E-state index in [9.17, 15) is 0 Å². The summed E-state index contributed by atoms with van der Waals surface area (Å²) in [6, 6.07) is 0. The Balaban J connectivity index is 3.18. The monoisotopic (exact) mass is 224 g/mol. The zero-order valence-electron chi connectivity index (χ0n) is 9.10. The van der Waals surface area contributed by atoms with Crippen molar-refractivity contribution in [3.63, 3.8) is 0 Å². The van der Waals surface area contributed by atoms with Crippen LogP contribution >= 0.6 is 23.4 Å². The molecule has 0 bridgehead atoms. The minimum absolute atomic E-state index is 0.00133. The number of hydrogen-bond acceptors (Lipinski definition) is 2. The smallest absolute Gasteiger partial charge is 0.0598 e. The van der Waals surface area contributed by atoms with E-state index in [0.29, 0.717) is 5.92 Å². The van der Waals surface area contributed by atoms with Gasteiger partial charge in [0.05, 0.1) is 12.2 Å². The second-order valence-electron chi connectivity index (χ2n) is 4.30. The third kappa shape index (κ3) is 10.5. The van der Waals surface area contributed by atoms with Crippen molar-refractivity contribution >= 4 is 23.4 Å². The van der Waals surface area contributed by atoms with Crippen LogP contribution in [-0.2, 0) is 4.74 Å². The number of ether oxygens (including phenoxy) is 1. The van der Waals surface area contributed by atoms with E-state index >= 15 is 0 Å². The second kappa shape index (κ2) is 6.97. The summed E-state index contributed by atoms with van der Waals surface area (Å²) in [5.41, 5.74) is -0.00133. The predicted molar refractivity (Wildman–Crippen MR) is 62.9 cm³/mol. The topological polar surface area (TPSA) is 9.23 Å². The lowest BCUT2D eigenvalue weighted by molar-refractivity contribution is 0.00694. The first-order valence-corrected chi connectivity index (χ1v) is 6.42. The molecule has 0 saturated heterocycles. The first-order chi connectivity index (χ1) is 5.95. The van der Waals surface area contributed by atoms with E-state index < -0.39 is 0 Å². The van der Waals surface area contributed by atoms with Crippen molar-refractivity contribution in [2.45, 2.75) is 33.3 Å². The molecule has 0 radical (unpaired) electrons. The van der Waals surface area contributed by atoms with Crippen LogP contribution in [0.25, 0.3) is 0 Å². The molecule has 0 rings (SSSR count). The molecule has 0 spiro atoms. The Bertz CT molecular complexity index is 123. The fraction of sp³-hybridized carbons (Fsp3) is 1.00. The second-order valence-corrected chi connectivity index (χ2v) is 5.75. The Labute approximate surface area is 91.6 Å². The number of alkyl halides is 1. The van der Waals surface area contributed by atoms with Gasteiger partial charge in [0.15, 0.2) is 0 Å². The van der Waals surface area contributed by atoms with Crippen LogP contribution in [0.3, 0.4) is 0 Å². The van der Waals surface area contributed by atoms with Gasteiger partial charge in [-0.1, -0.05) is 6.92 Å². The minimum atomic E-state index is -0.00133. The van der Waals surface area contributed by atoms with Crippen LogP contribution in [0.4, 0.5) is 0 Å². The molecule has 0 amide bonds. The molecule has 1 atom stereocenters. The van der Waals surface area contributed by atoms with Crippen LogP contribution in [0.1, 0.15) is 27.7 Å². The third-order valence-electron chi connectivity index (χ3n) is 1.43. The van der Waals surface area contributed by atoms with Gasteiger partial charge in [-0.25, -0.2) is 0 Å². The maximum absolute atomic E-state index is 5.69. The molecule has 0 aliphatic rings. The Morgan fingerprint density at radius 1 is 1.38 bits per heavy atom. The van der Waals surface area contributed by atoms with Crippen molar-refractivity contribution < 1.29 is 4.74 Å². The highest BCUT2D eigenvalue weighted by Gasteiger charge is 2.09. The third-order valence-corrected chi connectivity index (χ3v) is 3.22. The highest BCUT2D eigenvalue weighted by molar-refractivity contribution is 7.99. The van der Waals surface area contributed by atoms with Crippen molar-refractivity contribution in [2.75, 3.05) is 24.0 Å². The molecule has 0 saturated carbocycles. The lowest BCUT2D eigenvalue weighted by atomic mass is 10.2. The van der Waals surface area contributed by atoms with Gasteiger partial charge in [-0.2, -0.15) is 11.8 Å². The van der Waals surface area contributed by atoms with Crippen LogP contribution in [0.15, 0.2) is 0 Å². The molecule has 0 aromatic heterocycles. The normalized spacial score (nSPS) is 14.5. The van der Waals surface area contributed by atoms with Crippen LogP contribution < -0.4 is 0 Å². The van der Waals surface area contributed by atoms with E-state index in [0.717, 1.165) is 24.0 Å². The maximum Gasteiger partial charge on any atom is 0.0598 e. The van der Waals surface area contributed by atoms with Crippen LogP contribution in [0.2, 0.25) is 0 Å². The van der Waals surface area contributed by atoms with Crippen LogP contribution in [-0.4, -0.2) is 29.6 Å². The average molecular weight is 225 g/mol. The molecule has 0 aromatic rings. The SMILES string of the molecule is CC(CCl)CSCCOC(C)(C)C. The van der Waals surface area contributed by atoms with Gasteiger partial charge in [0.2, 0.25) is 0 Å². The van der Waals surface area contributed by atoms with Gasteiger partial charge in [-0.05, 0) is 32.4 Å². The van der Waals surface area contributed by atoms with Gasteiger partial charge in [0.1, 0.15) is 0 Å². The maximum atomic E-state index is 5.69. The first-order valence-electron chi connectivity index (χ1n) is 4.73. The van der Waals surface area contributed by atoms with E-state index in [-0.39, 0.29) is 5.60 Å². The van der Waals surface area contributed by atoms with Gasteiger partial charge in [0.25, 0.3) is 0 Å². The minimum Gasteiger partial charge on any atom is -0.375 e. The van der Waals surface area contributed by atoms with Gasteiger partial charge in [0, 0.05) is 11.6 Å². The van der Waals surface area contributed by atoms with Gasteiger partial charge >= 0.3 is 0 Å². The fourth-order valence-corrected chi connectivity index (χ4v) is 1.86. The van der Waals surface area contributed by atoms with E-state index in [4.69, 9.17) is 16.3 Å². The molecule has 0 N–H and O–H groups in total. The fourth-order valence-electron chi connectivity index (χ4n) is 0.736. The molecule has 3 heteroatoms. The van der Waals surface area contributed by atoms with Crippen molar-refractivity contribution in [3.8, 4) is 0 Å². The lowest BCUT2D eigenvalue weighted by Gasteiger charge is -2.19. The highest BCUT2D eigenvalue weighted by atomic mass is 35.5. The largest absolute Gasteiger partial charge is 0.375 e. The quantitative estimate of drug-likeness (QED) is 0.505. The Morgan fingerprint density at radius 2 is 2.00 bits per heavy atom. The molecule has 1 unspecified atom stereocenters. The summed E-state index contributed by atoms with van der Waals surface area (Å²) >= 11 is 7.61. The number of hydrogen-bond donors (Lipinski definition) is 0. The van der Waals surface area contributed by atoms with E-state index in [2.05, 4.69) is 27.7 Å². The molecule has 0 aliphatic heterocycles. The summed E-state index contributed by atoms with van der Waals surface area (Å²) in [7, 11) is 0. The van der Waals surface area contributed by atoms with Crippen molar-refractivity contribution in [2.24, 2.45) is 5.92 Å². The molecular weight excluding hydrogens is 204 g/mol. The molecule has 13 heavy (non-hydrogen) atoms. The van der Waals surface area contributed by atoms with Crippen molar-refractivity contribution in [1.82, 2.24) is 0 Å². The Kier molecular flexibility index (Phi) is 7.29. The summed E-state index contributed by atoms with van der Waals surface area (Å²) < 4.78 is 5.59. The Hall–Kier alpha value is 0.600. The summed E-state index contributed by atoms with van der Waals surface area (Å²) in [4.78, 5) is 0. The highest BCUT2D eigenvalue weighted by Crippen LogP contribution is 2.12. The molecule has 0 fully saturated rings. The van der Waals surface area contributed by atoms with Crippen molar-refractivity contribution in [1.29, 1.82) is 0 Å². The Morgan fingerprint density at radius 3 is 2.46 bits per heavy atom. The molecule has 80 valence electrons. The molecule has 0 heterocycles. The van der Waals surface area contributed by atoms with E-state index in [1.807, 2.05) is 11.8 Å². The summed E-state index contributed by atoms with van der Waals surface area (Å²) in [6.45, 7) is 9.25. The van der Waals surface area contributed by atoms with Gasteiger partial charge < -0.3 is 4.74 Å². The first kappa shape index (κ1) is 13.6. The molecule has 1 nitrogen and oxygen atoms in total. The summed E-state index contributed by atoms with van der Waals surface area (Å²) in [5, 5.41) is 0. The number of thioether (sulfide) groups is 1. The van der Waals surface area contributed by atoms with Gasteiger partial charge in [-0.15, -0.1) is 11.6 Å². The van der Waals surface area contributed by atoms with Crippen molar-refractivity contribution in [3.05, 3.63) is 0 Å².